The number of amides is 8. The van der Waals surface area contributed by atoms with E-state index in [2.05, 4.69) is 47.5 Å². The normalized spacial score (nSPS) is 23.1. The molecule has 1 aliphatic rings. The van der Waals surface area contributed by atoms with Crippen LogP contribution in [0.4, 0.5) is 0 Å². The Balaban J connectivity index is 2.06. The van der Waals surface area contributed by atoms with Crippen molar-refractivity contribution >= 4 is 53.2 Å². The molecule has 17 N–H and O–H groups in total. The third-order valence-electron chi connectivity index (χ3n) is 10.9. The lowest BCUT2D eigenvalue weighted by Crippen LogP contribution is -2.61. The number of aryl methyl sites for hydroxylation is 1. The van der Waals surface area contributed by atoms with Crippen LogP contribution in [-0.2, 0) is 51.2 Å². The summed E-state index contributed by atoms with van der Waals surface area (Å²) in [5.41, 5.74) is 23.9. The van der Waals surface area contributed by atoms with Gasteiger partial charge in [0.1, 0.15) is 42.3 Å². The van der Waals surface area contributed by atoms with Gasteiger partial charge in [0.15, 0.2) is 5.96 Å². The van der Waals surface area contributed by atoms with E-state index in [0.29, 0.717) is 44.2 Å². The Kier molecular flexibility index (Phi) is 24.3. The van der Waals surface area contributed by atoms with Gasteiger partial charge in [-0.25, -0.2) is 0 Å². The van der Waals surface area contributed by atoms with Crippen LogP contribution in [0.15, 0.2) is 65.7 Å². The van der Waals surface area contributed by atoms with Gasteiger partial charge in [0.05, 0.1) is 13.2 Å². The van der Waals surface area contributed by atoms with E-state index in [-0.39, 0.29) is 57.6 Å². The molecule has 1 fully saturated rings. The average Bonchev–Trinajstić information content (AvgIpc) is 3.31. The molecule has 368 valence electrons. The first-order chi connectivity index (χ1) is 32.1. The molecule has 0 saturated carbocycles. The lowest BCUT2D eigenvalue weighted by molar-refractivity contribution is -0.136. The summed E-state index contributed by atoms with van der Waals surface area (Å²) in [6, 6.07) is 8.66. The zero-order valence-electron chi connectivity index (χ0n) is 38.1. The zero-order valence-corrected chi connectivity index (χ0v) is 38.1. The van der Waals surface area contributed by atoms with Crippen molar-refractivity contribution in [2.45, 2.75) is 120 Å². The van der Waals surface area contributed by atoms with Gasteiger partial charge in [-0.2, -0.15) is 0 Å². The highest BCUT2D eigenvalue weighted by atomic mass is 16.3. The van der Waals surface area contributed by atoms with Crippen LogP contribution in [0.1, 0.15) is 75.8 Å². The van der Waals surface area contributed by atoms with E-state index >= 15 is 0 Å². The van der Waals surface area contributed by atoms with Gasteiger partial charge in [-0.3, -0.25) is 43.3 Å². The molecule has 1 aliphatic heterocycles. The van der Waals surface area contributed by atoms with Gasteiger partial charge in [0, 0.05) is 13.0 Å². The predicted molar refractivity (Wildman–Crippen MR) is 250 cm³/mol. The predicted octanol–water partition coefficient (Wildman–Crippen LogP) is -3.29. The minimum atomic E-state index is -1.61. The number of nitrogens with two attached hydrogens (primary N) is 4. The number of unbranched alkanes of at least 4 members (excludes halogenated alkanes) is 2. The summed E-state index contributed by atoms with van der Waals surface area (Å²) in [7, 11) is 0. The number of nitrogens with zero attached hydrogens (tertiary/aromatic N) is 1. The molecular weight excluding hydrogens is 867 g/mol. The molecular formula is C45H69N13O9. The van der Waals surface area contributed by atoms with E-state index in [4.69, 9.17) is 22.9 Å². The SMILES string of the molecule is C[C@@H]1NC(=O)[C@H](CCc2ccccc2)NC(=O)[C@H](CO)NC(=O)[C@H](CCCCN)NC(=O)[C@H](CCCN=C(N)N)NC(=O)[C@H](CCCCN)NC(=O)CNC(=O)[C@H](Cc2ccccc2)NC1=O. The van der Waals surface area contributed by atoms with Gasteiger partial charge < -0.3 is 70.6 Å². The summed E-state index contributed by atoms with van der Waals surface area (Å²) in [4.78, 5) is 115. The van der Waals surface area contributed by atoms with Crippen LogP contribution in [-0.4, -0.2) is 133 Å². The van der Waals surface area contributed by atoms with Gasteiger partial charge in [0.25, 0.3) is 0 Å². The topological polar surface area (TPSA) is 369 Å². The number of aliphatic hydroxyl groups is 1. The Morgan fingerprint density at radius 1 is 0.537 bits per heavy atom. The molecule has 1 saturated heterocycles. The molecule has 22 nitrogen and oxygen atoms in total. The number of guanidine groups is 1. The molecule has 0 aromatic heterocycles. The second-order valence-corrected chi connectivity index (χ2v) is 16.3. The summed E-state index contributed by atoms with van der Waals surface area (Å²) < 4.78 is 0. The molecule has 0 radical (unpaired) electrons. The highest BCUT2D eigenvalue weighted by Gasteiger charge is 2.34. The van der Waals surface area contributed by atoms with Crippen LogP contribution in [0.3, 0.4) is 0 Å². The van der Waals surface area contributed by atoms with E-state index < -0.39 is 103 Å². The van der Waals surface area contributed by atoms with Crippen molar-refractivity contribution in [1.82, 2.24) is 42.5 Å². The standard InChI is InChI=1S/C45H69N13O9/c1-28-38(61)57-35(25-30-15-6-3-7-16-30)39(62)51-26-37(60)53-31(17-8-10-22-46)41(64)55-33(19-12-24-50-45(48)49)42(65)54-32(18-9-11-23-47)43(66)58-36(27-59)44(67)56-34(40(63)52-28)21-20-29-13-4-2-5-14-29/h2-7,13-16,28,31-36,59H,8-12,17-27,46-47H2,1H3,(H,51,62)(H,52,63)(H,53,60)(H,54,65)(H,55,64)(H,56,67)(H,57,61)(H,58,66)(H4,48,49,50)/t28-,31-,32-,33-,34-,35-,36-/m0/s1. The maximum absolute atomic E-state index is 14.1. The second-order valence-electron chi connectivity index (χ2n) is 16.3. The summed E-state index contributed by atoms with van der Waals surface area (Å²) in [5.74, 6) is -6.55. The van der Waals surface area contributed by atoms with Crippen molar-refractivity contribution in [2.75, 3.05) is 32.8 Å². The van der Waals surface area contributed by atoms with Crippen LogP contribution in [0.5, 0.6) is 0 Å². The van der Waals surface area contributed by atoms with E-state index in [1.165, 1.54) is 6.92 Å². The first-order valence-corrected chi connectivity index (χ1v) is 22.7. The van der Waals surface area contributed by atoms with Crippen LogP contribution in [0.2, 0.25) is 0 Å². The van der Waals surface area contributed by atoms with Crippen molar-refractivity contribution in [1.29, 1.82) is 0 Å². The van der Waals surface area contributed by atoms with Gasteiger partial charge in [0.2, 0.25) is 47.3 Å². The van der Waals surface area contributed by atoms with E-state index in [9.17, 15) is 43.5 Å². The maximum atomic E-state index is 14.1. The zero-order chi connectivity index (χ0) is 49.1. The van der Waals surface area contributed by atoms with Crippen molar-refractivity contribution in [3.05, 3.63) is 71.8 Å². The van der Waals surface area contributed by atoms with Gasteiger partial charge in [-0.05, 0) is 95.3 Å². The Morgan fingerprint density at radius 3 is 1.51 bits per heavy atom. The molecule has 22 heteroatoms. The van der Waals surface area contributed by atoms with Gasteiger partial charge >= 0.3 is 0 Å². The van der Waals surface area contributed by atoms with E-state index in [0.717, 1.165) is 5.56 Å². The minimum Gasteiger partial charge on any atom is -0.394 e. The van der Waals surface area contributed by atoms with Crippen molar-refractivity contribution < 1.29 is 43.5 Å². The summed E-state index contributed by atoms with van der Waals surface area (Å²) in [5, 5.41) is 31.2. The molecule has 0 spiro atoms. The molecule has 2 aromatic rings. The Hall–Kier alpha value is -6.65. The third kappa shape index (κ3) is 20.2. The van der Waals surface area contributed by atoms with Crippen LogP contribution in [0.25, 0.3) is 0 Å². The number of aliphatic imine (C=N–C) groups is 1. The first-order valence-electron chi connectivity index (χ1n) is 22.7. The smallest absolute Gasteiger partial charge is 0.245 e. The van der Waals surface area contributed by atoms with Crippen molar-refractivity contribution in [2.24, 2.45) is 27.9 Å². The number of nitrogens with one attached hydrogen (secondary N) is 8. The van der Waals surface area contributed by atoms with Gasteiger partial charge in [-0.1, -0.05) is 60.7 Å². The second kappa shape index (κ2) is 29.8. The highest BCUT2D eigenvalue weighted by Crippen LogP contribution is 2.10. The number of rotatable bonds is 18. The quantitative estimate of drug-likeness (QED) is 0.0397. The van der Waals surface area contributed by atoms with Crippen molar-refractivity contribution in [3.63, 3.8) is 0 Å². The Labute approximate surface area is 390 Å². The number of hydrogen-bond acceptors (Lipinski definition) is 12. The van der Waals surface area contributed by atoms with E-state index in [1.807, 2.05) is 18.2 Å². The molecule has 0 unspecified atom stereocenters. The van der Waals surface area contributed by atoms with Crippen LogP contribution in [0, 0.1) is 0 Å². The highest BCUT2D eigenvalue weighted by molar-refractivity contribution is 5.98. The molecule has 0 bridgehead atoms. The molecule has 1 heterocycles. The number of carbonyl (C=O) groups is 8. The first kappa shape index (κ1) is 54.7. The summed E-state index contributed by atoms with van der Waals surface area (Å²) >= 11 is 0. The number of aliphatic hydroxyl groups excluding tert-OH is 1. The number of carbonyl (C=O) groups excluding carboxylic acids is 8. The Bertz CT molecular complexity index is 1950. The van der Waals surface area contributed by atoms with E-state index in [1.54, 1.807) is 42.5 Å². The molecule has 7 atom stereocenters. The third-order valence-corrected chi connectivity index (χ3v) is 10.9. The lowest BCUT2D eigenvalue weighted by atomic mass is 10.0. The largest absolute Gasteiger partial charge is 0.394 e. The fourth-order valence-electron chi connectivity index (χ4n) is 7.07. The average molecular weight is 936 g/mol. The molecule has 3 rings (SSSR count). The van der Waals surface area contributed by atoms with Crippen LogP contribution < -0.4 is 65.5 Å². The molecule has 8 amide bonds. The van der Waals surface area contributed by atoms with Crippen molar-refractivity contribution in [3.8, 4) is 0 Å². The monoisotopic (exact) mass is 936 g/mol. The van der Waals surface area contributed by atoms with Crippen LogP contribution >= 0.6 is 0 Å². The Morgan fingerprint density at radius 2 is 0.985 bits per heavy atom. The molecule has 2 aromatic carbocycles. The number of benzene rings is 2. The van der Waals surface area contributed by atoms with Gasteiger partial charge in [-0.15, -0.1) is 0 Å². The maximum Gasteiger partial charge on any atom is 0.245 e. The summed E-state index contributed by atoms with van der Waals surface area (Å²) in [6.07, 6.45) is 2.38. The fourth-order valence-corrected chi connectivity index (χ4v) is 7.07. The molecule has 0 aliphatic carbocycles. The fraction of sp³-hybridized carbons (Fsp3) is 0.533. The summed E-state index contributed by atoms with van der Waals surface area (Å²) in [6.45, 7) is 0.534. The lowest BCUT2D eigenvalue weighted by Gasteiger charge is -2.27. The number of hydrogen-bond donors (Lipinski definition) is 13. The molecule has 67 heavy (non-hydrogen) atoms. The minimum absolute atomic E-state index is 0.00460.